The molecule has 0 radical (unpaired) electrons. The van der Waals surface area contributed by atoms with Crippen molar-refractivity contribution < 1.29 is 19.4 Å². The van der Waals surface area contributed by atoms with Crippen molar-refractivity contribution in [2.45, 2.75) is 26.2 Å². The van der Waals surface area contributed by atoms with Gasteiger partial charge in [-0.15, -0.1) is 0 Å². The second-order valence-corrected chi connectivity index (χ2v) is 6.20. The molecule has 0 aliphatic rings. The molecule has 0 bridgehead atoms. The molecular formula is C18H17Cl2NO4. The minimum absolute atomic E-state index is 0.0451. The average molecular weight is 382 g/mol. The number of hydrogen-bond donors (Lipinski definition) is 2. The van der Waals surface area contributed by atoms with Gasteiger partial charge in [0.1, 0.15) is 5.75 Å². The van der Waals surface area contributed by atoms with Gasteiger partial charge >= 0.3 is 5.97 Å². The number of amides is 1. The maximum atomic E-state index is 11.6. The predicted molar refractivity (Wildman–Crippen MR) is 97.9 cm³/mol. The van der Waals surface area contributed by atoms with E-state index in [1.54, 1.807) is 24.3 Å². The predicted octanol–water partition coefficient (Wildman–Crippen LogP) is 5.15. The van der Waals surface area contributed by atoms with Crippen LogP contribution in [0.4, 0.5) is 5.69 Å². The van der Waals surface area contributed by atoms with Gasteiger partial charge in [0.05, 0.1) is 16.5 Å². The topological polar surface area (TPSA) is 75.6 Å². The SMILES string of the molecule is CCCC(=O)Nc1ccc(Oc2c(Cl)cc(CC(=O)O)cc2Cl)cc1. The van der Waals surface area contributed by atoms with Gasteiger partial charge in [0.15, 0.2) is 5.75 Å². The Labute approximate surface area is 155 Å². The van der Waals surface area contributed by atoms with Gasteiger partial charge < -0.3 is 15.2 Å². The van der Waals surface area contributed by atoms with E-state index >= 15 is 0 Å². The first-order valence-electron chi connectivity index (χ1n) is 7.66. The summed E-state index contributed by atoms with van der Waals surface area (Å²) in [6.45, 7) is 1.94. The molecule has 1 amide bonds. The largest absolute Gasteiger partial charge is 0.481 e. The van der Waals surface area contributed by atoms with Gasteiger partial charge in [-0.2, -0.15) is 0 Å². The number of rotatable bonds is 7. The monoisotopic (exact) mass is 381 g/mol. The summed E-state index contributed by atoms with van der Waals surface area (Å²) in [6, 6.07) is 9.80. The highest BCUT2D eigenvalue weighted by Crippen LogP contribution is 2.37. The maximum Gasteiger partial charge on any atom is 0.307 e. The summed E-state index contributed by atoms with van der Waals surface area (Å²) in [6.07, 6.45) is 1.07. The molecule has 0 heterocycles. The first kappa shape index (κ1) is 19.1. The number of ether oxygens (including phenoxy) is 1. The fourth-order valence-corrected chi connectivity index (χ4v) is 2.77. The van der Waals surface area contributed by atoms with E-state index in [2.05, 4.69) is 5.32 Å². The second kappa shape index (κ2) is 8.74. The first-order valence-corrected chi connectivity index (χ1v) is 8.42. The third-order valence-corrected chi connectivity index (χ3v) is 3.81. The molecule has 25 heavy (non-hydrogen) atoms. The molecule has 0 saturated heterocycles. The van der Waals surface area contributed by atoms with Crippen molar-refractivity contribution in [3.63, 3.8) is 0 Å². The Morgan fingerprint density at radius 1 is 1.12 bits per heavy atom. The molecule has 0 aromatic heterocycles. The lowest BCUT2D eigenvalue weighted by Gasteiger charge is -2.12. The van der Waals surface area contributed by atoms with Gasteiger partial charge in [0.25, 0.3) is 0 Å². The van der Waals surface area contributed by atoms with E-state index in [0.717, 1.165) is 6.42 Å². The summed E-state index contributed by atoms with van der Waals surface area (Å²) in [4.78, 5) is 22.3. The van der Waals surface area contributed by atoms with Crippen LogP contribution in [0, 0.1) is 0 Å². The number of anilines is 1. The number of nitrogens with one attached hydrogen (secondary N) is 1. The van der Waals surface area contributed by atoms with Crippen LogP contribution in [0.2, 0.25) is 10.0 Å². The molecule has 0 spiro atoms. The third-order valence-electron chi connectivity index (χ3n) is 3.25. The van der Waals surface area contributed by atoms with Crippen molar-refractivity contribution >= 4 is 40.8 Å². The summed E-state index contributed by atoms with van der Waals surface area (Å²) >= 11 is 12.3. The Morgan fingerprint density at radius 2 is 1.72 bits per heavy atom. The maximum absolute atomic E-state index is 11.6. The summed E-state index contributed by atoms with van der Waals surface area (Å²) in [5.74, 6) is -0.277. The summed E-state index contributed by atoms with van der Waals surface area (Å²) in [7, 11) is 0. The Morgan fingerprint density at radius 3 is 2.24 bits per heavy atom. The number of hydrogen-bond acceptors (Lipinski definition) is 3. The fourth-order valence-electron chi connectivity index (χ4n) is 2.16. The first-order chi connectivity index (χ1) is 11.9. The van der Waals surface area contributed by atoms with E-state index in [4.69, 9.17) is 33.0 Å². The van der Waals surface area contributed by atoms with Crippen LogP contribution in [-0.4, -0.2) is 17.0 Å². The van der Waals surface area contributed by atoms with Crippen LogP contribution in [-0.2, 0) is 16.0 Å². The van der Waals surface area contributed by atoms with Crippen LogP contribution in [0.15, 0.2) is 36.4 Å². The summed E-state index contributed by atoms with van der Waals surface area (Å²) in [5, 5.41) is 12.1. The van der Waals surface area contributed by atoms with Crippen LogP contribution in [0.25, 0.3) is 0 Å². The van der Waals surface area contributed by atoms with Crippen LogP contribution < -0.4 is 10.1 Å². The molecule has 0 unspecified atom stereocenters. The Hall–Kier alpha value is -2.24. The standard InChI is InChI=1S/C18H17Cl2NO4/c1-2-3-16(22)21-12-4-6-13(7-5-12)25-18-14(19)8-11(9-15(18)20)10-17(23)24/h4-9H,2-3,10H2,1H3,(H,21,22)(H,23,24). The van der Waals surface area contributed by atoms with Gasteiger partial charge in [-0.1, -0.05) is 30.1 Å². The molecule has 2 aromatic carbocycles. The molecule has 2 N–H and O–H groups in total. The Kier molecular flexibility index (Phi) is 6.67. The van der Waals surface area contributed by atoms with E-state index in [-0.39, 0.29) is 28.1 Å². The Bertz CT molecular complexity index is 752. The van der Waals surface area contributed by atoms with Crippen molar-refractivity contribution in [1.82, 2.24) is 0 Å². The zero-order chi connectivity index (χ0) is 18.4. The Balaban J connectivity index is 2.11. The third kappa shape index (κ3) is 5.66. The lowest BCUT2D eigenvalue weighted by atomic mass is 10.1. The molecule has 0 saturated carbocycles. The zero-order valence-electron chi connectivity index (χ0n) is 13.5. The highest BCUT2D eigenvalue weighted by Gasteiger charge is 2.13. The zero-order valence-corrected chi connectivity index (χ0v) is 15.0. The molecule has 0 fully saturated rings. The molecule has 132 valence electrons. The van der Waals surface area contributed by atoms with E-state index in [0.29, 0.717) is 23.4 Å². The number of benzene rings is 2. The molecule has 0 atom stereocenters. The second-order valence-electron chi connectivity index (χ2n) is 5.38. The summed E-state index contributed by atoms with van der Waals surface area (Å²) in [5.41, 5.74) is 1.16. The van der Waals surface area contributed by atoms with Crippen molar-refractivity contribution in [2.24, 2.45) is 0 Å². The van der Waals surface area contributed by atoms with Crippen molar-refractivity contribution in [2.75, 3.05) is 5.32 Å². The van der Waals surface area contributed by atoms with Crippen molar-refractivity contribution in [3.8, 4) is 11.5 Å². The van der Waals surface area contributed by atoms with E-state index in [1.807, 2.05) is 6.92 Å². The normalized spacial score (nSPS) is 10.4. The number of halogens is 2. The van der Waals surface area contributed by atoms with Crippen LogP contribution >= 0.6 is 23.2 Å². The molecular weight excluding hydrogens is 365 g/mol. The van der Waals surface area contributed by atoms with E-state index in [9.17, 15) is 9.59 Å². The molecule has 0 aliphatic heterocycles. The highest BCUT2D eigenvalue weighted by molar-refractivity contribution is 6.37. The van der Waals surface area contributed by atoms with E-state index < -0.39 is 5.97 Å². The van der Waals surface area contributed by atoms with Gasteiger partial charge in [-0.05, 0) is 48.4 Å². The van der Waals surface area contributed by atoms with E-state index in [1.165, 1.54) is 12.1 Å². The lowest BCUT2D eigenvalue weighted by Crippen LogP contribution is -2.10. The minimum atomic E-state index is -0.971. The van der Waals surface area contributed by atoms with Crippen LogP contribution in [0.1, 0.15) is 25.3 Å². The number of carboxylic acid groups (broad SMARTS) is 1. The molecule has 2 aromatic rings. The summed E-state index contributed by atoms with van der Waals surface area (Å²) < 4.78 is 5.68. The minimum Gasteiger partial charge on any atom is -0.481 e. The lowest BCUT2D eigenvalue weighted by molar-refractivity contribution is -0.136. The fraction of sp³-hybridized carbons (Fsp3) is 0.222. The molecule has 0 aliphatic carbocycles. The van der Waals surface area contributed by atoms with Gasteiger partial charge in [0.2, 0.25) is 5.91 Å². The van der Waals surface area contributed by atoms with Gasteiger partial charge in [0, 0.05) is 12.1 Å². The molecule has 2 rings (SSSR count). The smallest absolute Gasteiger partial charge is 0.307 e. The highest BCUT2D eigenvalue weighted by atomic mass is 35.5. The molecule has 7 heteroatoms. The quantitative estimate of drug-likeness (QED) is 0.694. The number of aliphatic carboxylic acids is 1. The number of carboxylic acids is 1. The molecule has 5 nitrogen and oxygen atoms in total. The van der Waals surface area contributed by atoms with Gasteiger partial charge in [-0.25, -0.2) is 0 Å². The number of carbonyl (C=O) groups is 2. The van der Waals surface area contributed by atoms with Crippen LogP contribution in [0.3, 0.4) is 0 Å². The number of carbonyl (C=O) groups excluding carboxylic acids is 1. The van der Waals surface area contributed by atoms with Crippen LogP contribution in [0.5, 0.6) is 11.5 Å². The van der Waals surface area contributed by atoms with Crippen molar-refractivity contribution in [1.29, 1.82) is 0 Å². The average Bonchev–Trinajstić information content (AvgIpc) is 2.52. The van der Waals surface area contributed by atoms with Gasteiger partial charge in [-0.3, -0.25) is 9.59 Å². The van der Waals surface area contributed by atoms with Crippen molar-refractivity contribution in [3.05, 3.63) is 52.0 Å².